The summed E-state index contributed by atoms with van der Waals surface area (Å²) in [5, 5.41) is 0. The number of halogens is 1. The van der Waals surface area contributed by atoms with E-state index in [-0.39, 0.29) is 0 Å². The number of anilines is 2. The van der Waals surface area contributed by atoms with Crippen molar-refractivity contribution in [3.8, 4) is 0 Å². The number of nitrogens with one attached hydrogen (secondary N) is 1. The molecule has 1 rings (SSSR count). The molecule has 0 aromatic heterocycles. The van der Waals surface area contributed by atoms with Gasteiger partial charge in [0.2, 0.25) is 0 Å². The minimum Gasteiger partial charge on any atom is -0.397 e. The number of para-hydroxylation sites is 2. The van der Waals surface area contributed by atoms with Crippen LogP contribution in [0.1, 0.15) is 0 Å². The fourth-order valence-corrected chi connectivity index (χ4v) is 0.583. The van der Waals surface area contributed by atoms with Gasteiger partial charge in [0.15, 0.2) is 0 Å². The maximum atomic E-state index is 11.7. The molecule has 0 aliphatic carbocycles. The van der Waals surface area contributed by atoms with E-state index >= 15 is 0 Å². The van der Waals surface area contributed by atoms with Crippen LogP contribution in [0.15, 0.2) is 24.3 Å². The lowest BCUT2D eigenvalue weighted by Crippen LogP contribution is -1.90. The molecule has 48 valence electrons. The highest BCUT2D eigenvalue weighted by atomic mass is 19.2. The highest BCUT2D eigenvalue weighted by Gasteiger charge is 1.91. The fraction of sp³-hybridized carbons (Fsp3) is 0. The van der Waals surface area contributed by atoms with Gasteiger partial charge in [0, 0.05) is 0 Å². The van der Waals surface area contributed by atoms with Crippen molar-refractivity contribution >= 4 is 11.4 Å². The van der Waals surface area contributed by atoms with Gasteiger partial charge in [-0.1, -0.05) is 12.1 Å². The summed E-state index contributed by atoms with van der Waals surface area (Å²) in [6.45, 7) is 0. The van der Waals surface area contributed by atoms with Crippen molar-refractivity contribution in [1.82, 2.24) is 0 Å². The third-order valence-electron chi connectivity index (χ3n) is 1.06. The molecule has 0 atom stereocenters. The van der Waals surface area contributed by atoms with E-state index in [0.717, 1.165) is 0 Å². The average molecular weight is 126 g/mol. The lowest BCUT2D eigenvalue weighted by molar-refractivity contribution is 0.618. The highest BCUT2D eigenvalue weighted by molar-refractivity contribution is 5.64. The first kappa shape index (κ1) is 5.88. The Morgan fingerprint density at radius 1 is 1.33 bits per heavy atom. The van der Waals surface area contributed by atoms with Crippen molar-refractivity contribution in [2.75, 3.05) is 11.3 Å². The number of nitrogens with two attached hydrogens (primary N) is 1. The molecule has 0 bridgehead atoms. The Labute approximate surface area is 52.4 Å². The summed E-state index contributed by atoms with van der Waals surface area (Å²) >= 11 is 0. The van der Waals surface area contributed by atoms with E-state index in [4.69, 9.17) is 5.73 Å². The smallest absolute Gasteiger partial charge is 0.0884 e. The molecule has 1 aromatic carbocycles. The van der Waals surface area contributed by atoms with Crippen molar-refractivity contribution in [3.05, 3.63) is 24.3 Å². The third kappa shape index (κ3) is 1.10. The van der Waals surface area contributed by atoms with Crippen molar-refractivity contribution < 1.29 is 4.48 Å². The minimum absolute atomic E-state index is 0.317. The molecule has 0 heterocycles. The van der Waals surface area contributed by atoms with E-state index in [1.807, 2.05) is 0 Å². The summed E-state index contributed by atoms with van der Waals surface area (Å²) in [6.07, 6.45) is 0. The van der Waals surface area contributed by atoms with Crippen LogP contribution in [0.2, 0.25) is 0 Å². The van der Waals surface area contributed by atoms with Gasteiger partial charge in [0.05, 0.1) is 11.4 Å². The zero-order valence-corrected chi connectivity index (χ0v) is 4.76. The predicted molar refractivity (Wildman–Crippen MR) is 35.6 cm³/mol. The Hall–Kier alpha value is -1.25. The van der Waals surface area contributed by atoms with Crippen LogP contribution in [-0.2, 0) is 0 Å². The molecule has 0 radical (unpaired) electrons. The van der Waals surface area contributed by atoms with Gasteiger partial charge < -0.3 is 5.73 Å². The molecule has 0 aliphatic rings. The molecule has 0 amide bonds. The fourth-order valence-electron chi connectivity index (χ4n) is 0.583. The molecule has 3 heteroatoms. The lowest BCUT2D eigenvalue weighted by Gasteiger charge is -1.97. The van der Waals surface area contributed by atoms with Crippen molar-refractivity contribution in [3.63, 3.8) is 0 Å². The quantitative estimate of drug-likeness (QED) is 0.442. The van der Waals surface area contributed by atoms with E-state index in [0.29, 0.717) is 11.4 Å². The van der Waals surface area contributed by atoms with Crippen molar-refractivity contribution in [1.29, 1.82) is 0 Å². The first-order chi connectivity index (χ1) is 4.34. The number of rotatable bonds is 1. The van der Waals surface area contributed by atoms with E-state index in [1.54, 1.807) is 24.3 Å². The van der Waals surface area contributed by atoms with Gasteiger partial charge in [0.25, 0.3) is 0 Å². The topological polar surface area (TPSA) is 38.0 Å². The number of benzene rings is 1. The van der Waals surface area contributed by atoms with Crippen LogP contribution in [-0.4, -0.2) is 0 Å². The average Bonchev–Trinajstić information content (AvgIpc) is 1.89. The van der Waals surface area contributed by atoms with Gasteiger partial charge in [-0.05, 0) is 12.1 Å². The second-order valence-electron chi connectivity index (χ2n) is 1.68. The zero-order valence-electron chi connectivity index (χ0n) is 4.76. The molecule has 0 saturated carbocycles. The van der Waals surface area contributed by atoms with E-state index < -0.39 is 0 Å². The highest BCUT2D eigenvalue weighted by Crippen LogP contribution is 2.15. The molecule has 3 N–H and O–H groups in total. The molecule has 2 nitrogen and oxygen atoms in total. The van der Waals surface area contributed by atoms with Crippen LogP contribution in [0.5, 0.6) is 0 Å². The Balaban J connectivity index is 3.01. The van der Waals surface area contributed by atoms with Crippen LogP contribution in [0, 0.1) is 0 Å². The minimum atomic E-state index is 0.317. The zero-order chi connectivity index (χ0) is 6.69. The molecule has 0 aliphatic heterocycles. The van der Waals surface area contributed by atoms with E-state index in [9.17, 15) is 4.48 Å². The summed E-state index contributed by atoms with van der Waals surface area (Å²) < 4.78 is 11.7. The van der Waals surface area contributed by atoms with Crippen molar-refractivity contribution in [2.24, 2.45) is 0 Å². The number of hydrogen-bond acceptors (Lipinski definition) is 2. The molecule has 0 unspecified atom stereocenters. The molecular weight excluding hydrogens is 119 g/mol. The normalized spacial score (nSPS) is 9.00. The first-order valence-electron chi connectivity index (χ1n) is 2.56. The third-order valence-corrected chi connectivity index (χ3v) is 1.06. The van der Waals surface area contributed by atoms with E-state index in [1.165, 1.54) is 5.54 Å². The molecule has 0 saturated heterocycles. The summed E-state index contributed by atoms with van der Waals surface area (Å²) in [6, 6.07) is 6.64. The summed E-state index contributed by atoms with van der Waals surface area (Å²) in [5.41, 5.74) is 7.53. The largest absolute Gasteiger partial charge is 0.397 e. The maximum Gasteiger partial charge on any atom is 0.0884 e. The predicted octanol–water partition coefficient (Wildman–Crippen LogP) is 1.57. The summed E-state index contributed by atoms with van der Waals surface area (Å²) in [7, 11) is 0. The summed E-state index contributed by atoms with van der Waals surface area (Å²) in [5.74, 6) is 0. The van der Waals surface area contributed by atoms with Gasteiger partial charge in [0.1, 0.15) is 0 Å². The summed E-state index contributed by atoms with van der Waals surface area (Å²) in [4.78, 5) is 0. The molecule has 1 aromatic rings. The van der Waals surface area contributed by atoms with Gasteiger partial charge in [-0.3, -0.25) is 0 Å². The molecule has 0 spiro atoms. The van der Waals surface area contributed by atoms with Gasteiger partial charge in [-0.2, -0.15) is 0 Å². The lowest BCUT2D eigenvalue weighted by atomic mass is 10.3. The van der Waals surface area contributed by atoms with Gasteiger partial charge in [-0.25, -0.2) is 5.54 Å². The standard InChI is InChI=1S/C6H7FN2/c7-9-6-4-2-1-3-5(6)8/h1-4,9H,8H2. The Bertz CT molecular complexity index is 200. The van der Waals surface area contributed by atoms with Crippen LogP contribution in [0.25, 0.3) is 0 Å². The second-order valence-corrected chi connectivity index (χ2v) is 1.68. The molecule has 9 heavy (non-hydrogen) atoms. The van der Waals surface area contributed by atoms with Crippen LogP contribution in [0.3, 0.4) is 0 Å². The van der Waals surface area contributed by atoms with Gasteiger partial charge in [-0.15, -0.1) is 4.48 Å². The monoisotopic (exact) mass is 126 g/mol. The maximum absolute atomic E-state index is 11.7. The van der Waals surface area contributed by atoms with Crippen LogP contribution >= 0.6 is 0 Å². The SMILES string of the molecule is Nc1ccccc1NF. The van der Waals surface area contributed by atoms with Gasteiger partial charge >= 0.3 is 0 Å². The van der Waals surface area contributed by atoms with Crippen molar-refractivity contribution in [2.45, 2.75) is 0 Å². The Morgan fingerprint density at radius 3 is 2.44 bits per heavy atom. The number of hydrogen-bond donors (Lipinski definition) is 2. The first-order valence-corrected chi connectivity index (χ1v) is 2.56. The molecule has 0 fully saturated rings. The Morgan fingerprint density at radius 2 is 2.00 bits per heavy atom. The van der Waals surface area contributed by atoms with Crippen LogP contribution < -0.4 is 11.3 Å². The Kier molecular flexibility index (Phi) is 1.53. The second kappa shape index (κ2) is 2.35. The van der Waals surface area contributed by atoms with Crippen LogP contribution in [0.4, 0.5) is 15.9 Å². The number of nitrogen functional groups attached to an aromatic ring is 1. The van der Waals surface area contributed by atoms with E-state index in [2.05, 4.69) is 0 Å². The molecular formula is C6H7FN2.